The zero-order valence-electron chi connectivity index (χ0n) is 12.0. The van der Waals surface area contributed by atoms with Crippen LogP contribution in [0.15, 0.2) is 18.2 Å². The maximum absolute atomic E-state index is 12.2. The molecule has 1 aromatic carbocycles. The number of benzene rings is 1. The average Bonchev–Trinajstić information content (AvgIpc) is 3.29. The van der Waals surface area contributed by atoms with Crippen molar-refractivity contribution in [3.8, 4) is 0 Å². The predicted octanol–water partition coefficient (Wildman–Crippen LogP) is 2.52. The van der Waals surface area contributed by atoms with Crippen LogP contribution in [0.3, 0.4) is 0 Å². The first-order chi connectivity index (χ1) is 10.1. The first kappa shape index (κ1) is 14.1. The number of carbonyl (C=O) groups excluding carboxylic acids is 1. The van der Waals surface area contributed by atoms with E-state index >= 15 is 0 Å². The van der Waals surface area contributed by atoms with Crippen LogP contribution in [0.4, 0.5) is 5.69 Å². The summed E-state index contributed by atoms with van der Waals surface area (Å²) in [6.07, 6.45) is 3.47. The zero-order valence-corrected chi connectivity index (χ0v) is 12.0. The minimum Gasteiger partial charge on any atom is -0.478 e. The second-order valence-corrected chi connectivity index (χ2v) is 5.99. The fraction of sp³-hybridized carbons (Fsp3) is 0.500. The molecule has 5 heteroatoms. The van der Waals surface area contributed by atoms with Gasteiger partial charge in [0, 0.05) is 18.7 Å². The van der Waals surface area contributed by atoms with E-state index in [-0.39, 0.29) is 17.4 Å². The summed E-state index contributed by atoms with van der Waals surface area (Å²) in [5.41, 5.74) is 1.44. The summed E-state index contributed by atoms with van der Waals surface area (Å²) in [6.45, 7) is 0.318. The van der Waals surface area contributed by atoms with Gasteiger partial charge in [0.05, 0.1) is 12.2 Å². The van der Waals surface area contributed by atoms with E-state index in [4.69, 9.17) is 9.84 Å². The topological polar surface area (TPSA) is 75.6 Å². The Balaban J connectivity index is 1.71. The third kappa shape index (κ3) is 3.24. The third-order valence-corrected chi connectivity index (χ3v) is 4.22. The fourth-order valence-corrected chi connectivity index (χ4v) is 2.93. The number of hydrogen-bond acceptors (Lipinski definition) is 3. The highest BCUT2D eigenvalue weighted by Gasteiger charge is 2.51. The summed E-state index contributed by atoms with van der Waals surface area (Å²) < 4.78 is 5.03. The lowest BCUT2D eigenvalue weighted by molar-refractivity contribution is -0.117. The Labute approximate surface area is 123 Å². The van der Waals surface area contributed by atoms with Gasteiger partial charge in [-0.3, -0.25) is 4.79 Å². The molecule has 112 valence electrons. The molecule has 0 spiro atoms. The SMILES string of the molecule is COCc1cc(NC(=O)C2CC2C2CC2)cc(C(=O)O)c1. The van der Waals surface area contributed by atoms with E-state index in [0.29, 0.717) is 18.2 Å². The van der Waals surface area contributed by atoms with Gasteiger partial charge in [-0.2, -0.15) is 0 Å². The molecule has 21 heavy (non-hydrogen) atoms. The molecule has 0 heterocycles. The van der Waals surface area contributed by atoms with E-state index in [1.807, 2.05) is 0 Å². The van der Waals surface area contributed by atoms with Gasteiger partial charge in [0.25, 0.3) is 0 Å². The van der Waals surface area contributed by atoms with Gasteiger partial charge in [-0.25, -0.2) is 4.79 Å². The molecule has 2 atom stereocenters. The van der Waals surface area contributed by atoms with E-state index in [1.165, 1.54) is 18.9 Å². The van der Waals surface area contributed by atoms with E-state index in [9.17, 15) is 9.59 Å². The zero-order chi connectivity index (χ0) is 15.0. The van der Waals surface area contributed by atoms with E-state index in [0.717, 1.165) is 17.9 Å². The van der Waals surface area contributed by atoms with Crippen molar-refractivity contribution < 1.29 is 19.4 Å². The second kappa shape index (κ2) is 5.48. The van der Waals surface area contributed by atoms with Crippen molar-refractivity contribution in [1.82, 2.24) is 0 Å². The Kier molecular flexibility index (Phi) is 3.68. The molecular weight excluding hydrogens is 270 g/mol. The number of carboxylic acids is 1. The summed E-state index contributed by atoms with van der Waals surface area (Å²) >= 11 is 0. The van der Waals surface area contributed by atoms with E-state index in [2.05, 4.69) is 5.32 Å². The van der Waals surface area contributed by atoms with Crippen molar-refractivity contribution >= 4 is 17.6 Å². The Hall–Kier alpha value is -1.88. The molecule has 2 unspecified atom stereocenters. The summed E-state index contributed by atoms with van der Waals surface area (Å²) in [6, 6.07) is 4.82. The number of methoxy groups -OCH3 is 1. The number of aromatic carboxylic acids is 1. The van der Waals surface area contributed by atoms with Gasteiger partial charge in [-0.1, -0.05) is 0 Å². The molecule has 0 aromatic heterocycles. The van der Waals surface area contributed by atoms with Gasteiger partial charge in [0.1, 0.15) is 0 Å². The average molecular weight is 289 g/mol. The number of anilines is 1. The maximum Gasteiger partial charge on any atom is 0.335 e. The minimum absolute atomic E-state index is 0.0119. The molecule has 3 rings (SSSR count). The third-order valence-electron chi connectivity index (χ3n) is 4.22. The van der Waals surface area contributed by atoms with Crippen molar-refractivity contribution in [2.75, 3.05) is 12.4 Å². The molecule has 2 saturated carbocycles. The number of amides is 1. The molecule has 0 bridgehead atoms. The molecule has 2 fully saturated rings. The normalized spacial score (nSPS) is 23.7. The van der Waals surface area contributed by atoms with Gasteiger partial charge in [-0.15, -0.1) is 0 Å². The van der Waals surface area contributed by atoms with Gasteiger partial charge in [-0.05, 0) is 54.9 Å². The van der Waals surface area contributed by atoms with Crippen LogP contribution in [0.1, 0.15) is 35.2 Å². The summed E-state index contributed by atoms with van der Waals surface area (Å²) in [5.74, 6) is 0.404. The quantitative estimate of drug-likeness (QED) is 0.843. The molecule has 2 N–H and O–H groups in total. The Morgan fingerprint density at radius 1 is 1.33 bits per heavy atom. The molecular formula is C16H19NO4. The monoisotopic (exact) mass is 289 g/mol. The number of carbonyl (C=O) groups is 2. The molecule has 1 amide bonds. The van der Waals surface area contributed by atoms with Crippen LogP contribution >= 0.6 is 0 Å². The van der Waals surface area contributed by atoms with E-state index in [1.54, 1.807) is 19.2 Å². The van der Waals surface area contributed by atoms with Crippen molar-refractivity contribution in [2.45, 2.75) is 25.9 Å². The van der Waals surface area contributed by atoms with Gasteiger partial charge in [0.15, 0.2) is 0 Å². The van der Waals surface area contributed by atoms with Crippen LogP contribution in [0, 0.1) is 17.8 Å². The van der Waals surface area contributed by atoms with Gasteiger partial charge in [0.2, 0.25) is 5.91 Å². The van der Waals surface area contributed by atoms with Crippen molar-refractivity contribution in [2.24, 2.45) is 17.8 Å². The number of ether oxygens (including phenoxy) is 1. The molecule has 1 aromatic rings. The predicted molar refractivity (Wildman–Crippen MR) is 77.1 cm³/mol. The highest BCUT2D eigenvalue weighted by molar-refractivity contribution is 5.96. The van der Waals surface area contributed by atoms with Gasteiger partial charge >= 0.3 is 5.97 Å². The van der Waals surface area contributed by atoms with Crippen LogP contribution in [-0.2, 0) is 16.1 Å². The molecule has 0 saturated heterocycles. The first-order valence-corrected chi connectivity index (χ1v) is 7.25. The van der Waals surface area contributed by atoms with Crippen LogP contribution in [-0.4, -0.2) is 24.1 Å². The number of hydrogen-bond donors (Lipinski definition) is 2. The molecule has 2 aliphatic carbocycles. The number of carboxylic acid groups (broad SMARTS) is 1. The molecule has 0 aliphatic heterocycles. The Morgan fingerprint density at radius 2 is 2.10 bits per heavy atom. The maximum atomic E-state index is 12.2. The largest absolute Gasteiger partial charge is 0.478 e. The van der Waals surface area contributed by atoms with Crippen LogP contribution in [0.5, 0.6) is 0 Å². The fourth-order valence-electron chi connectivity index (χ4n) is 2.93. The van der Waals surface area contributed by atoms with Crippen molar-refractivity contribution in [1.29, 1.82) is 0 Å². The minimum atomic E-state index is -1.01. The van der Waals surface area contributed by atoms with E-state index < -0.39 is 5.97 Å². The molecule has 5 nitrogen and oxygen atoms in total. The van der Waals surface area contributed by atoms with Crippen LogP contribution in [0.2, 0.25) is 0 Å². The van der Waals surface area contributed by atoms with Crippen molar-refractivity contribution in [3.05, 3.63) is 29.3 Å². The lowest BCUT2D eigenvalue weighted by atomic mass is 10.1. The first-order valence-electron chi connectivity index (χ1n) is 7.25. The summed E-state index contributed by atoms with van der Waals surface area (Å²) in [7, 11) is 1.55. The smallest absolute Gasteiger partial charge is 0.335 e. The second-order valence-electron chi connectivity index (χ2n) is 5.99. The molecule has 2 aliphatic rings. The Bertz CT molecular complexity index is 580. The highest BCUT2D eigenvalue weighted by atomic mass is 16.5. The lowest BCUT2D eigenvalue weighted by Crippen LogP contribution is -2.16. The number of nitrogens with one attached hydrogen (secondary N) is 1. The standard InChI is InChI=1S/C16H19NO4/c1-21-8-9-4-11(16(19)20)6-12(5-9)17-15(18)14-7-13(14)10-2-3-10/h4-6,10,13-14H,2-3,7-8H2,1H3,(H,17,18)(H,19,20). The van der Waals surface area contributed by atoms with Crippen molar-refractivity contribution in [3.63, 3.8) is 0 Å². The van der Waals surface area contributed by atoms with Crippen LogP contribution in [0.25, 0.3) is 0 Å². The highest BCUT2D eigenvalue weighted by Crippen LogP contribution is 2.54. The summed E-state index contributed by atoms with van der Waals surface area (Å²) in [5, 5.41) is 12.0. The Morgan fingerprint density at radius 3 is 2.71 bits per heavy atom. The number of rotatable bonds is 6. The van der Waals surface area contributed by atoms with Gasteiger partial charge < -0.3 is 15.2 Å². The summed E-state index contributed by atoms with van der Waals surface area (Å²) in [4.78, 5) is 23.3. The molecule has 0 radical (unpaired) electrons. The van der Waals surface area contributed by atoms with Crippen LogP contribution < -0.4 is 5.32 Å². The lowest BCUT2D eigenvalue weighted by Gasteiger charge is -2.09.